The second-order valence-electron chi connectivity index (χ2n) is 6.71. The van der Waals surface area contributed by atoms with Crippen LogP contribution in [0.15, 0.2) is 0 Å². The van der Waals surface area contributed by atoms with E-state index in [1.165, 1.54) is 26.2 Å². The predicted octanol–water partition coefficient (Wildman–Crippen LogP) is 0.733. The van der Waals surface area contributed by atoms with Crippen LogP contribution in [0.5, 0.6) is 0 Å². The van der Waals surface area contributed by atoms with Gasteiger partial charge in [0.05, 0.1) is 12.7 Å². The lowest BCUT2D eigenvalue weighted by Gasteiger charge is -2.43. The van der Waals surface area contributed by atoms with Crippen LogP contribution in [0.4, 0.5) is 0 Å². The Bertz CT molecular complexity index is 256. The molecule has 0 amide bonds. The predicted molar refractivity (Wildman–Crippen MR) is 75.0 cm³/mol. The molecule has 2 rings (SSSR count). The Kier molecular flexibility index (Phi) is 4.64. The van der Waals surface area contributed by atoms with Crippen LogP contribution in [0.2, 0.25) is 0 Å². The summed E-state index contributed by atoms with van der Waals surface area (Å²) in [5.74, 6) is 0. The van der Waals surface area contributed by atoms with Crippen LogP contribution in [0.25, 0.3) is 0 Å². The monoisotopic (exact) mass is 255 g/mol. The molecule has 4 nitrogen and oxygen atoms in total. The third-order valence-corrected chi connectivity index (χ3v) is 4.15. The molecule has 0 radical (unpaired) electrons. The van der Waals surface area contributed by atoms with Crippen molar-refractivity contribution < 1.29 is 4.74 Å². The number of ether oxygens (including phenoxy) is 1. The molecule has 4 heteroatoms. The molecule has 2 fully saturated rings. The van der Waals surface area contributed by atoms with Gasteiger partial charge in [0.2, 0.25) is 0 Å². The van der Waals surface area contributed by atoms with E-state index in [1.54, 1.807) is 0 Å². The van der Waals surface area contributed by atoms with Gasteiger partial charge in [0.25, 0.3) is 0 Å². The fourth-order valence-electron chi connectivity index (χ4n) is 2.76. The van der Waals surface area contributed by atoms with E-state index in [4.69, 9.17) is 4.74 Å². The van der Waals surface area contributed by atoms with Gasteiger partial charge >= 0.3 is 0 Å². The molecule has 18 heavy (non-hydrogen) atoms. The van der Waals surface area contributed by atoms with E-state index < -0.39 is 0 Å². The van der Waals surface area contributed by atoms with E-state index >= 15 is 0 Å². The first kappa shape index (κ1) is 14.3. The highest BCUT2D eigenvalue weighted by Crippen LogP contribution is 2.18. The standard InChI is InChI=1S/C14H29N3O/c1-14(2,3)17-9-10-18-13(12-17)11-16-7-5-15(4)6-8-16/h13H,5-12H2,1-4H3. The van der Waals surface area contributed by atoms with Crippen molar-refractivity contribution in [2.75, 3.05) is 59.5 Å². The molecule has 2 saturated heterocycles. The van der Waals surface area contributed by atoms with Crippen LogP contribution < -0.4 is 0 Å². The molecular weight excluding hydrogens is 226 g/mol. The molecule has 0 aromatic heterocycles. The van der Waals surface area contributed by atoms with Crippen molar-refractivity contribution in [1.82, 2.24) is 14.7 Å². The van der Waals surface area contributed by atoms with Crippen molar-refractivity contribution in [1.29, 1.82) is 0 Å². The highest BCUT2D eigenvalue weighted by Gasteiger charge is 2.29. The first-order valence-corrected chi connectivity index (χ1v) is 7.23. The number of hydrogen-bond acceptors (Lipinski definition) is 4. The van der Waals surface area contributed by atoms with Crippen molar-refractivity contribution >= 4 is 0 Å². The quantitative estimate of drug-likeness (QED) is 0.724. The Labute approximate surface area is 112 Å². The van der Waals surface area contributed by atoms with E-state index in [0.29, 0.717) is 6.10 Å². The fraction of sp³-hybridized carbons (Fsp3) is 1.00. The largest absolute Gasteiger partial charge is 0.374 e. The molecule has 0 aromatic carbocycles. The minimum atomic E-state index is 0.268. The van der Waals surface area contributed by atoms with Gasteiger partial charge in [0.1, 0.15) is 0 Å². The van der Waals surface area contributed by atoms with Crippen LogP contribution in [-0.4, -0.2) is 85.8 Å². The Morgan fingerprint density at radius 2 is 1.72 bits per heavy atom. The highest BCUT2D eigenvalue weighted by atomic mass is 16.5. The zero-order chi connectivity index (χ0) is 13.2. The number of piperazine rings is 1. The van der Waals surface area contributed by atoms with Crippen molar-refractivity contribution in [2.24, 2.45) is 0 Å². The summed E-state index contributed by atoms with van der Waals surface area (Å²) in [4.78, 5) is 7.51. The van der Waals surface area contributed by atoms with E-state index in [-0.39, 0.29) is 5.54 Å². The van der Waals surface area contributed by atoms with Crippen molar-refractivity contribution in [3.8, 4) is 0 Å². The average Bonchev–Trinajstić information content (AvgIpc) is 2.31. The second-order valence-corrected chi connectivity index (χ2v) is 6.71. The lowest BCUT2D eigenvalue weighted by Crippen LogP contribution is -2.55. The summed E-state index contributed by atoms with van der Waals surface area (Å²) in [6, 6.07) is 0. The first-order chi connectivity index (χ1) is 8.45. The molecule has 1 unspecified atom stereocenters. The van der Waals surface area contributed by atoms with Crippen LogP contribution >= 0.6 is 0 Å². The molecule has 0 N–H and O–H groups in total. The molecule has 106 valence electrons. The maximum Gasteiger partial charge on any atom is 0.0829 e. The molecule has 0 aliphatic carbocycles. The maximum atomic E-state index is 5.94. The Morgan fingerprint density at radius 3 is 2.33 bits per heavy atom. The first-order valence-electron chi connectivity index (χ1n) is 7.23. The third kappa shape index (κ3) is 3.92. The molecule has 0 aromatic rings. The number of morpholine rings is 1. The van der Waals surface area contributed by atoms with Crippen molar-refractivity contribution in [2.45, 2.75) is 32.4 Å². The molecular formula is C14H29N3O. The number of likely N-dealkylation sites (N-methyl/N-ethyl adjacent to an activating group) is 1. The summed E-state index contributed by atoms with van der Waals surface area (Å²) < 4.78 is 5.94. The van der Waals surface area contributed by atoms with Gasteiger partial charge in [-0.25, -0.2) is 0 Å². The van der Waals surface area contributed by atoms with Gasteiger partial charge in [-0.1, -0.05) is 0 Å². The summed E-state index contributed by atoms with van der Waals surface area (Å²) >= 11 is 0. The van der Waals surface area contributed by atoms with Gasteiger partial charge in [-0.05, 0) is 27.8 Å². The number of hydrogen-bond donors (Lipinski definition) is 0. The molecule has 0 saturated carbocycles. The molecule has 0 spiro atoms. The van der Waals surface area contributed by atoms with Crippen molar-refractivity contribution in [3.63, 3.8) is 0 Å². The lowest BCUT2D eigenvalue weighted by molar-refractivity contribution is -0.0718. The number of nitrogens with zero attached hydrogens (tertiary/aromatic N) is 3. The van der Waals surface area contributed by atoms with Gasteiger partial charge in [0, 0.05) is 51.4 Å². The Hall–Kier alpha value is -0.160. The molecule has 2 aliphatic heterocycles. The smallest absolute Gasteiger partial charge is 0.0829 e. The van der Waals surface area contributed by atoms with Crippen LogP contribution in [-0.2, 0) is 4.74 Å². The van der Waals surface area contributed by atoms with Gasteiger partial charge in [0.15, 0.2) is 0 Å². The molecule has 0 bridgehead atoms. The van der Waals surface area contributed by atoms with E-state index in [2.05, 4.69) is 42.5 Å². The maximum absolute atomic E-state index is 5.94. The topological polar surface area (TPSA) is 19.0 Å². The average molecular weight is 255 g/mol. The SMILES string of the molecule is CN1CCN(CC2CN(C(C)(C)C)CCO2)CC1. The minimum absolute atomic E-state index is 0.268. The highest BCUT2D eigenvalue weighted by molar-refractivity contribution is 4.84. The molecule has 1 atom stereocenters. The van der Waals surface area contributed by atoms with E-state index in [9.17, 15) is 0 Å². The van der Waals surface area contributed by atoms with Crippen LogP contribution in [0.1, 0.15) is 20.8 Å². The summed E-state index contributed by atoms with van der Waals surface area (Å²) in [6.07, 6.45) is 0.390. The Balaban J connectivity index is 1.79. The van der Waals surface area contributed by atoms with Gasteiger partial charge in [-0.15, -0.1) is 0 Å². The third-order valence-electron chi connectivity index (χ3n) is 4.15. The fourth-order valence-corrected chi connectivity index (χ4v) is 2.76. The molecule has 2 heterocycles. The van der Waals surface area contributed by atoms with Gasteiger partial charge in [-0.2, -0.15) is 0 Å². The van der Waals surface area contributed by atoms with Crippen LogP contribution in [0.3, 0.4) is 0 Å². The van der Waals surface area contributed by atoms with Crippen molar-refractivity contribution in [3.05, 3.63) is 0 Å². The lowest BCUT2D eigenvalue weighted by atomic mass is 10.0. The summed E-state index contributed by atoms with van der Waals surface area (Å²) in [5, 5.41) is 0. The number of rotatable bonds is 2. The Morgan fingerprint density at radius 1 is 1.06 bits per heavy atom. The zero-order valence-corrected chi connectivity index (χ0v) is 12.5. The minimum Gasteiger partial charge on any atom is -0.374 e. The summed E-state index contributed by atoms with van der Waals surface area (Å²) in [5.41, 5.74) is 0.268. The van der Waals surface area contributed by atoms with E-state index in [1.807, 2.05) is 0 Å². The van der Waals surface area contributed by atoms with Crippen LogP contribution in [0, 0.1) is 0 Å². The normalized spacial score (nSPS) is 29.7. The summed E-state index contributed by atoms with van der Waals surface area (Å²) in [6.45, 7) is 15.8. The summed E-state index contributed by atoms with van der Waals surface area (Å²) in [7, 11) is 2.20. The zero-order valence-electron chi connectivity index (χ0n) is 12.5. The van der Waals surface area contributed by atoms with Gasteiger partial charge < -0.3 is 9.64 Å². The van der Waals surface area contributed by atoms with E-state index in [0.717, 1.165) is 26.2 Å². The second kappa shape index (κ2) is 5.87. The molecule has 2 aliphatic rings. The van der Waals surface area contributed by atoms with Gasteiger partial charge in [-0.3, -0.25) is 9.80 Å².